The first kappa shape index (κ1) is 17.1. The lowest BCUT2D eigenvalue weighted by Gasteiger charge is -2.30. The van der Waals surface area contributed by atoms with Crippen molar-refractivity contribution in [3.05, 3.63) is 22.9 Å². The molecule has 0 aromatic carbocycles. The van der Waals surface area contributed by atoms with Crippen LogP contribution in [0.3, 0.4) is 0 Å². The summed E-state index contributed by atoms with van der Waals surface area (Å²) in [5, 5.41) is 2.93. The molecule has 0 aliphatic heterocycles. The van der Waals surface area contributed by atoms with Crippen molar-refractivity contribution in [2.24, 2.45) is 0 Å². The van der Waals surface area contributed by atoms with Gasteiger partial charge >= 0.3 is 6.09 Å². The highest BCUT2D eigenvalue weighted by Crippen LogP contribution is 2.24. The van der Waals surface area contributed by atoms with Gasteiger partial charge in [0.25, 0.3) is 0 Å². The molecule has 1 heterocycles. The maximum Gasteiger partial charge on any atom is 0.407 e. The first-order chi connectivity index (χ1) is 10.3. The summed E-state index contributed by atoms with van der Waals surface area (Å²) >= 11 is 3.30. The summed E-state index contributed by atoms with van der Waals surface area (Å²) in [5.74, 6) is 0.784. The third-order valence-electron chi connectivity index (χ3n) is 3.40. The lowest BCUT2D eigenvalue weighted by Crippen LogP contribution is -2.42. The number of carbonyl (C=O) groups is 1. The van der Waals surface area contributed by atoms with E-state index in [-0.39, 0.29) is 18.2 Å². The van der Waals surface area contributed by atoms with Crippen molar-refractivity contribution < 1.29 is 14.3 Å². The van der Waals surface area contributed by atoms with E-state index in [4.69, 9.17) is 9.47 Å². The van der Waals surface area contributed by atoms with Crippen molar-refractivity contribution in [3.63, 3.8) is 0 Å². The van der Waals surface area contributed by atoms with Crippen LogP contribution < -0.4 is 10.1 Å². The van der Waals surface area contributed by atoms with E-state index in [9.17, 15) is 4.79 Å². The maximum absolute atomic E-state index is 11.8. The summed E-state index contributed by atoms with van der Waals surface area (Å²) in [7, 11) is 0. The van der Waals surface area contributed by atoms with Crippen LogP contribution in [0.1, 0.15) is 46.5 Å². The highest BCUT2D eigenvalue weighted by atomic mass is 79.9. The molecule has 1 fully saturated rings. The average molecular weight is 371 g/mol. The summed E-state index contributed by atoms with van der Waals surface area (Å²) < 4.78 is 12.0. The molecular formula is C16H23BrN2O3. The minimum atomic E-state index is -0.459. The Morgan fingerprint density at radius 2 is 1.95 bits per heavy atom. The number of ether oxygens (including phenoxy) is 2. The Morgan fingerprint density at radius 3 is 2.50 bits per heavy atom. The Bertz CT molecular complexity index is 491. The van der Waals surface area contributed by atoms with E-state index < -0.39 is 5.60 Å². The molecule has 0 unspecified atom stereocenters. The molecule has 0 bridgehead atoms. The summed E-state index contributed by atoms with van der Waals surface area (Å²) in [6.45, 7) is 5.59. The fourth-order valence-corrected chi connectivity index (χ4v) is 2.66. The van der Waals surface area contributed by atoms with Gasteiger partial charge < -0.3 is 14.8 Å². The quantitative estimate of drug-likeness (QED) is 0.814. The molecule has 0 saturated heterocycles. The third-order valence-corrected chi connectivity index (χ3v) is 3.87. The molecule has 6 heteroatoms. The number of alkyl carbamates (subject to hydrolysis) is 1. The lowest BCUT2D eigenvalue weighted by molar-refractivity contribution is 0.0471. The van der Waals surface area contributed by atoms with E-state index in [2.05, 4.69) is 26.2 Å². The highest BCUT2D eigenvalue weighted by Gasteiger charge is 2.25. The number of nitrogens with one attached hydrogen (secondary N) is 1. The van der Waals surface area contributed by atoms with Gasteiger partial charge in [0.15, 0.2) is 0 Å². The van der Waals surface area contributed by atoms with Crippen molar-refractivity contribution in [3.8, 4) is 5.75 Å². The van der Waals surface area contributed by atoms with Gasteiger partial charge in [-0.3, -0.25) is 0 Å². The Hall–Kier alpha value is -1.30. The molecule has 22 heavy (non-hydrogen) atoms. The normalized spacial score (nSPS) is 22.0. The van der Waals surface area contributed by atoms with E-state index in [1.54, 1.807) is 6.20 Å². The first-order valence-corrected chi connectivity index (χ1v) is 8.39. The van der Waals surface area contributed by atoms with Gasteiger partial charge in [-0.05, 0) is 74.5 Å². The topological polar surface area (TPSA) is 60.5 Å². The molecule has 1 N–H and O–H groups in total. The predicted octanol–water partition coefficient (Wildman–Crippen LogP) is 4.06. The van der Waals surface area contributed by atoms with Crippen molar-refractivity contribution in [1.29, 1.82) is 0 Å². The predicted molar refractivity (Wildman–Crippen MR) is 88.0 cm³/mol. The number of hydrogen-bond acceptors (Lipinski definition) is 4. The van der Waals surface area contributed by atoms with Gasteiger partial charge in [0.2, 0.25) is 0 Å². The number of pyridine rings is 1. The molecule has 0 spiro atoms. The van der Waals surface area contributed by atoms with Crippen LogP contribution in [0.4, 0.5) is 4.79 Å². The largest absolute Gasteiger partial charge is 0.489 e. The van der Waals surface area contributed by atoms with Crippen LogP contribution >= 0.6 is 15.9 Å². The molecule has 0 radical (unpaired) electrons. The van der Waals surface area contributed by atoms with Gasteiger partial charge in [-0.1, -0.05) is 0 Å². The van der Waals surface area contributed by atoms with E-state index in [0.29, 0.717) is 0 Å². The average Bonchev–Trinajstić information content (AvgIpc) is 2.41. The van der Waals surface area contributed by atoms with Crippen LogP contribution in [0.25, 0.3) is 0 Å². The number of rotatable bonds is 3. The van der Waals surface area contributed by atoms with Crippen LogP contribution in [0.5, 0.6) is 5.75 Å². The molecule has 1 saturated carbocycles. The number of nitrogens with zero attached hydrogens (tertiary/aromatic N) is 1. The summed E-state index contributed by atoms with van der Waals surface area (Å²) in [5.41, 5.74) is -0.459. The zero-order chi connectivity index (χ0) is 16.2. The second-order valence-corrected chi connectivity index (χ2v) is 7.37. The van der Waals surface area contributed by atoms with Crippen LogP contribution in [-0.4, -0.2) is 28.8 Å². The summed E-state index contributed by atoms with van der Waals surface area (Å²) in [4.78, 5) is 15.9. The molecule has 1 aliphatic carbocycles. The molecule has 122 valence electrons. The smallest absolute Gasteiger partial charge is 0.407 e. The molecule has 0 atom stereocenters. The second kappa shape index (κ2) is 7.31. The zero-order valence-corrected chi connectivity index (χ0v) is 14.9. The van der Waals surface area contributed by atoms with Gasteiger partial charge in [0, 0.05) is 6.04 Å². The van der Waals surface area contributed by atoms with Gasteiger partial charge in [-0.2, -0.15) is 0 Å². The second-order valence-electron chi connectivity index (χ2n) is 6.55. The zero-order valence-electron chi connectivity index (χ0n) is 13.3. The molecule has 2 rings (SSSR count). The lowest BCUT2D eigenvalue weighted by atomic mass is 9.93. The first-order valence-electron chi connectivity index (χ1n) is 7.59. The molecule has 5 nitrogen and oxygen atoms in total. The Balaban J connectivity index is 1.73. The number of aromatic nitrogens is 1. The van der Waals surface area contributed by atoms with Crippen molar-refractivity contribution in [1.82, 2.24) is 10.3 Å². The van der Waals surface area contributed by atoms with Crippen LogP contribution in [-0.2, 0) is 4.74 Å². The highest BCUT2D eigenvalue weighted by molar-refractivity contribution is 9.10. The Morgan fingerprint density at radius 1 is 1.27 bits per heavy atom. The van der Waals surface area contributed by atoms with Crippen molar-refractivity contribution >= 4 is 22.0 Å². The third kappa shape index (κ3) is 5.83. The monoisotopic (exact) mass is 370 g/mol. The number of halogens is 1. The van der Waals surface area contributed by atoms with Crippen molar-refractivity contribution in [2.75, 3.05) is 0 Å². The van der Waals surface area contributed by atoms with E-state index in [1.807, 2.05) is 32.9 Å². The molecule has 1 amide bonds. The Labute approximate surface area is 139 Å². The van der Waals surface area contributed by atoms with Gasteiger partial charge in [-0.15, -0.1) is 0 Å². The van der Waals surface area contributed by atoms with Crippen LogP contribution in [0.2, 0.25) is 0 Å². The fourth-order valence-electron chi connectivity index (χ4n) is 2.42. The molecular weight excluding hydrogens is 348 g/mol. The molecule has 1 aromatic rings. The number of amides is 1. The molecule has 1 aliphatic rings. The summed E-state index contributed by atoms with van der Waals surface area (Å²) in [6, 6.07) is 3.94. The SMILES string of the molecule is CC(C)(C)OC(=O)NC1CCC(Oc2ccc(Br)nc2)CC1. The minimum Gasteiger partial charge on any atom is -0.489 e. The minimum absolute atomic E-state index is 0.165. The van der Waals surface area contributed by atoms with Crippen molar-refractivity contribution in [2.45, 2.75) is 64.2 Å². The van der Waals surface area contributed by atoms with E-state index in [1.165, 1.54) is 0 Å². The van der Waals surface area contributed by atoms with Crippen LogP contribution in [0, 0.1) is 0 Å². The van der Waals surface area contributed by atoms with Crippen LogP contribution in [0.15, 0.2) is 22.9 Å². The van der Waals surface area contributed by atoms with Gasteiger partial charge in [0.1, 0.15) is 16.0 Å². The van der Waals surface area contributed by atoms with Gasteiger partial charge in [-0.25, -0.2) is 9.78 Å². The number of carbonyl (C=O) groups excluding carboxylic acids is 1. The Kier molecular flexibility index (Phi) is 5.67. The van der Waals surface area contributed by atoms with Gasteiger partial charge in [0.05, 0.1) is 12.3 Å². The summed E-state index contributed by atoms with van der Waals surface area (Å²) in [6.07, 6.45) is 5.18. The fraction of sp³-hybridized carbons (Fsp3) is 0.625. The number of hydrogen-bond donors (Lipinski definition) is 1. The standard InChI is InChI=1S/C16H23BrN2O3/c1-16(2,3)22-15(20)19-11-4-6-12(7-5-11)21-13-8-9-14(17)18-10-13/h8-12H,4-7H2,1-3H3,(H,19,20). The van der Waals surface area contributed by atoms with E-state index in [0.717, 1.165) is 36.0 Å². The van der Waals surface area contributed by atoms with E-state index >= 15 is 0 Å². The maximum atomic E-state index is 11.8. The molecule has 1 aromatic heterocycles.